The van der Waals surface area contributed by atoms with Crippen LogP contribution in [0.4, 0.5) is 0 Å². The Labute approximate surface area is 193 Å². The first-order chi connectivity index (χ1) is 15.0. The number of benzene rings is 1. The highest BCUT2D eigenvalue weighted by Gasteiger charge is 2.03. The molecule has 31 heavy (non-hydrogen) atoms. The largest absolute Gasteiger partial charge is 0.497 e. The lowest BCUT2D eigenvalue weighted by atomic mass is 10.2. The van der Waals surface area contributed by atoms with E-state index in [0.29, 0.717) is 12.5 Å². The number of methoxy groups -OCH3 is 1. The predicted octanol–water partition coefficient (Wildman–Crippen LogP) is 5.88. The maximum atomic E-state index is 10.8. The van der Waals surface area contributed by atoms with Gasteiger partial charge >= 0.3 is 0 Å². The summed E-state index contributed by atoms with van der Waals surface area (Å²) in [6.45, 7) is 8.79. The second-order valence-corrected chi connectivity index (χ2v) is 9.25. The zero-order chi connectivity index (χ0) is 22.6. The van der Waals surface area contributed by atoms with E-state index >= 15 is 0 Å². The Morgan fingerprint density at radius 1 is 0.968 bits per heavy atom. The molecule has 0 saturated carbocycles. The first-order valence-corrected chi connectivity index (χ1v) is 12.1. The van der Waals surface area contributed by atoms with E-state index in [4.69, 9.17) is 9.47 Å². The van der Waals surface area contributed by atoms with Crippen molar-refractivity contribution in [3.63, 3.8) is 0 Å². The summed E-state index contributed by atoms with van der Waals surface area (Å²) in [5.74, 6) is 3.57. The van der Waals surface area contributed by atoms with Gasteiger partial charge in [-0.05, 0) is 54.2 Å². The van der Waals surface area contributed by atoms with Crippen molar-refractivity contribution in [2.45, 2.75) is 44.1 Å². The molecule has 166 valence electrons. The molecular formula is C24H30N2O3S2. The Hall–Kier alpha value is -2.38. The summed E-state index contributed by atoms with van der Waals surface area (Å²) in [6, 6.07) is 11.5. The molecule has 0 unspecified atom stereocenters. The molecule has 7 heteroatoms. The van der Waals surface area contributed by atoms with Crippen molar-refractivity contribution in [3.8, 4) is 11.6 Å². The number of rotatable bonds is 8. The Morgan fingerprint density at radius 3 is 2.23 bits per heavy atom. The number of ether oxygens (including phenoxy) is 2. The van der Waals surface area contributed by atoms with Crippen molar-refractivity contribution >= 4 is 23.5 Å². The van der Waals surface area contributed by atoms with Crippen molar-refractivity contribution in [2.24, 2.45) is 0 Å². The van der Waals surface area contributed by atoms with Crippen LogP contribution in [0.25, 0.3) is 0 Å². The van der Waals surface area contributed by atoms with Crippen LogP contribution in [-0.2, 0) is 6.61 Å². The second-order valence-electron chi connectivity index (χ2n) is 6.64. The topological polar surface area (TPSA) is 64.2 Å². The van der Waals surface area contributed by atoms with E-state index in [2.05, 4.69) is 30.7 Å². The summed E-state index contributed by atoms with van der Waals surface area (Å²) in [5, 5.41) is 0. The van der Waals surface area contributed by atoms with Gasteiger partial charge in [-0.15, -0.1) is 23.5 Å². The molecule has 3 aromatic rings. The lowest BCUT2D eigenvalue weighted by molar-refractivity contribution is 0.292. The highest BCUT2D eigenvalue weighted by molar-refractivity contribution is 7.99. The van der Waals surface area contributed by atoms with Crippen LogP contribution in [0.5, 0.6) is 11.6 Å². The molecule has 2 heterocycles. The van der Waals surface area contributed by atoms with Gasteiger partial charge < -0.3 is 14.5 Å². The van der Waals surface area contributed by atoms with Gasteiger partial charge in [-0.1, -0.05) is 26.0 Å². The molecule has 0 saturated heterocycles. The number of aryl methyl sites for hydroxylation is 2. The molecule has 0 aliphatic rings. The Bertz CT molecular complexity index is 1000. The van der Waals surface area contributed by atoms with Crippen LogP contribution < -0.4 is 15.0 Å². The lowest BCUT2D eigenvalue weighted by Gasteiger charge is -2.09. The maximum Gasteiger partial charge on any atom is 0.249 e. The van der Waals surface area contributed by atoms with E-state index in [0.717, 1.165) is 33.3 Å². The van der Waals surface area contributed by atoms with Gasteiger partial charge in [0.1, 0.15) is 12.4 Å². The summed E-state index contributed by atoms with van der Waals surface area (Å²) in [5.41, 5.74) is 3.40. The van der Waals surface area contributed by atoms with Crippen LogP contribution in [0, 0.1) is 13.8 Å². The van der Waals surface area contributed by atoms with Crippen molar-refractivity contribution < 1.29 is 9.47 Å². The molecule has 0 radical (unpaired) electrons. The van der Waals surface area contributed by atoms with Crippen molar-refractivity contribution in [3.05, 3.63) is 75.8 Å². The standard InChI is InChI=1S/C16H19NO2S.C8H11NOS/c1-4-20-15-9-16(17-10-12(15)2)19-11-13-5-7-14(18-3)8-6-13;1-3-11-7-4-8(10)9-5-6(7)2/h5-10H,4,11H2,1-3H3;4-5H,3H2,1-2H3,(H,9,10). The quantitative estimate of drug-likeness (QED) is 0.425. The van der Waals surface area contributed by atoms with E-state index in [1.54, 1.807) is 42.9 Å². The van der Waals surface area contributed by atoms with Crippen LogP contribution in [-0.4, -0.2) is 28.6 Å². The van der Waals surface area contributed by atoms with Gasteiger partial charge in [0.25, 0.3) is 0 Å². The third kappa shape index (κ3) is 8.34. The van der Waals surface area contributed by atoms with E-state index in [9.17, 15) is 4.79 Å². The van der Waals surface area contributed by atoms with Gasteiger partial charge in [0.15, 0.2) is 0 Å². The fourth-order valence-electron chi connectivity index (χ4n) is 2.59. The molecule has 0 amide bonds. The van der Waals surface area contributed by atoms with Gasteiger partial charge in [-0.2, -0.15) is 0 Å². The third-order valence-corrected chi connectivity index (χ3v) is 6.33. The molecule has 0 aliphatic heterocycles. The number of aromatic nitrogens is 2. The van der Waals surface area contributed by atoms with Crippen molar-refractivity contribution in [1.82, 2.24) is 9.97 Å². The Kier molecular flexibility index (Phi) is 10.5. The predicted molar refractivity (Wildman–Crippen MR) is 131 cm³/mol. The molecule has 1 N–H and O–H groups in total. The molecule has 5 nitrogen and oxygen atoms in total. The minimum absolute atomic E-state index is 0.0217. The van der Waals surface area contributed by atoms with Gasteiger partial charge in [0.05, 0.1) is 7.11 Å². The molecule has 3 rings (SSSR count). The number of nitrogens with zero attached hydrogens (tertiary/aromatic N) is 1. The number of hydrogen-bond acceptors (Lipinski definition) is 6. The van der Waals surface area contributed by atoms with Crippen LogP contribution in [0.3, 0.4) is 0 Å². The van der Waals surface area contributed by atoms with Gasteiger partial charge in [0.2, 0.25) is 11.4 Å². The molecule has 0 aliphatic carbocycles. The van der Waals surface area contributed by atoms with Crippen LogP contribution in [0.2, 0.25) is 0 Å². The number of aromatic amines is 1. The minimum Gasteiger partial charge on any atom is -0.497 e. The molecular weight excluding hydrogens is 428 g/mol. The minimum atomic E-state index is -0.0217. The molecule has 0 spiro atoms. The van der Waals surface area contributed by atoms with E-state index in [1.807, 2.05) is 43.5 Å². The first kappa shape index (κ1) is 24.9. The van der Waals surface area contributed by atoms with Gasteiger partial charge in [-0.25, -0.2) is 4.98 Å². The molecule has 0 atom stereocenters. The van der Waals surface area contributed by atoms with Crippen LogP contribution in [0.15, 0.2) is 63.4 Å². The van der Waals surface area contributed by atoms with E-state index in [-0.39, 0.29) is 5.56 Å². The lowest BCUT2D eigenvalue weighted by Crippen LogP contribution is -2.03. The number of H-pyrrole nitrogens is 1. The fourth-order valence-corrected chi connectivity index (χ4v) is 4.16. The van der Waals surface area contributed by atoms with Crippen molar-refractivity contribution in [2.75, 3.05) is 18.6 Å². The molecule has 2 aromatic heterocycles. The SMILES string of the molecule is CCSc1cc(=O)[nH]cc1C.CCSc1cc(OCc2ccc(OC)cc2)ncc1C. The second kappa shape index (κ2) is 13.1. The zero-order valence-corrected chi connectivity index (χ0v) is 20.4. The normalized spacial score (nSPS) is 10.2. The smallest absolute Gasteiger partial charge is 0.249 e. The highest BCUT2D eigenvalue weighted by Crippen LogP contribution is 2.25. The third-order valence-electron chi connectivity index (χ3n) is 4.26. The number of hydrogen-bond donors (Lipinski definition) is 1. The first-order valence-electron chi connectivity index (χ1n) is 10.1. The van der Waals surface area contributed by atoms with Crippen LogP contribution >= 0.6 is 23.5 Å². The molecule has 0 bridgehead atoms. The van der Waals surface area contributed by atoms with Crippen molar-refractivity contribution in [1.29, 1.82) is 0 Å². The summed E-state index contributed by atoms with van der Waals surface area (Å²) >= 11 is 3.50. The summed E-state index contributed by atoms with van der Waals surface area (Å²) in [4.78, 5) is 20.1. The summed E-state index contributed by atoms with van der Waals surface area (Å²) < 4.78 is 10.9. The fraction of sp³-hybridized carbons (Fsp3) is 0.333. The highest BCUT2D eigenvalue weighted by atomic mass is 32.2. The van der Waals surface area contributed by atoms with E-state index in [1.165, 1.54) is 10.5 Å². The van der Waals surface area contributed by atoms with Gasteiger partial charge in [0, 0.05) is 34.3 Å². The maximum absolute atomic E-state index is 10.8. The average molecular weight is 459 g/mol. The molecule has 1 aromatic carbocycles. The van der Waals surface area contributed by atoms with E-state index < -0.39 is 0 Å². The number of nitrogens with one attached hydrogen (secondary N) is 1. The van der Waals surface area contributed by atoms with Crippen LogP contribution in [0.1, 0.15) is 30.5 Å². The zero-order valence-electron chi connectivity index (χ0n) is 18.7. The van der Waals surface area contributed by atoms with Gasteiger partial charge in [-0.3, -0.25) is 4.79 Å². The monoisotopic (exact) mass is 458 g/mol. The molecule has 0 fully saturated rings. The summed E-state index contributed by atoms with van der Waals surface area (Å²) in [7, 11) is 1.66. The number of pyridine rings is 2. The Morgan fingerprint density at radius 2 is 1.61 bits per heavy atom. The Balaban J connectivity index is 0.000000262. The summed E-state index contributed by atoms with van der Waals surface area (Å²) in [6.07, 6.45) is 3.61. The average Bonchev–Trinajstić information content (AvgIpc) is 2.78. The number of thioether (sulfide) groups is 2.